The first-order chi connectivity index (χ1) is 8.20. The number of aromatic nitrogens is 2. The molecule has 0 bridgehead atoms. The molecule has 0 aliphatic heterocycles. The first kappa shape index (κ1) is 10.5. The number of nitrogens with zero attached hydrogens (tertiary/aromatic N) is 2. The molecule has 1 aliphatic carbocycles. The molecular weight excluding hydrogens is 212 g/mol. The van der Waals surface area contributed by atoms with Crippen LogP contribution in [0.1, 0.15) is 48.3 Å². The molecule has 1 aromatic carbocycles. The van der Waals surface area contributed by atoms with Crippen LogP contribution < -0.4 is 0 Å². The lowest BCUT2D eigenvalue weighted by atomic mass is 10.1. The highest BCUT2D eigenvalue weighted by Crippen LogP contribution is 2.40. The van der Waals surface area contributed by atoms with Crippen LogP contribution in [0, 0.1) is 0 Å². The normalized spacial score (nSPS) is 15.4. The van der Waals surface area contributed by atoms with Crippen LogP contribution >= 0.6 is 0 Å². The molecule has 1 fully saturated rings. The van der Waals surface area contributed by atoms with Crippen LogP contribution in [-0.2, 0) is 7.05 Å². The lowest BCUT2D eigenvalue weighted by Crippen LogP contribution is -1.96. The zero-order valence-corrected chi connectivity index (χ0v) is 10.2. The van der Waals surface area contributed by atoms with E-state index < -0.39 is 0 Å². The Kier molecular flexibility index (Phi) is 2.28. The number of fused-ring (bicyclic) bond motifs is 1. The third-order valence-corrected chi connectivity index (χ3v) is 3.50. The Bertz CT molecular complexity index is 594. The van der Waals surface area contributed by atoms with E-state index in [4.69, 9.17) is 0 Å². The van der Waals surface area contributed by atoms with Gasteiger partial charge in [-0.1, -0.05) is 6.92 Å². The highest BCUT2D eigenvalue weighted by atomic mass is 16.1. The lowest BCUT2D eigenvalue weighted by molar-refractivity contribution is 0.0988. The number of benzene rings is 1. The van der Waals surface area contributed by atoms with Gasteiger partial charge < -0.3 is 4.57 Å². The number of hydrogen-bond acceptors (Lipinski definition) is 2. The number of aryl methyl sites for hydroxylation is 1. The highest BCUT2D eigenvalue weighted by molar-refractivity contribution is 5.98. The van der Waals surface area contributed by atoms with Crippen LogP contribution in [0.25, 0.3) is 11.0 Å². The fourth-order valence-electron chi connectivity index (χ4n) is 2.30. The molecule has 0 N–H and O–H groups in total. The Morgan fingerprint density at radius 1 is 1.47 bits per heavy atom. The fourth-order valence-corrected chi connectivity index (χ4v) is 2.30. The highest BCUT2D eigenvalue weighted by Gasteiger charge is 2.28. The molecule has 3 rings (SSSR count). The molecule has 0 saturated heterocycles. The average molecular weight is 228 g/mol. The maximum Gasteiger partial charge on any atom is 0.162 e. The largest absolute Gasteiger partial charge is 0.331 e. The molecule has 3 nitrogen and oxygen atoms in total. The number of hydrogen-bond donors (Lipinski definition) is 0. The monoisotopic (exact) mass is 228 g/mol. The van der Waals surface area contributed by atoms with E-state index in [9.17, 15) is 4.79 Å². The van der Waals surface area contributed by atoms with E-state index in [-0.39, 0.29) is 5.78 Å². The SMILES string of the molecule is CCC(=O)c1ccc2c(c1)nc(C1CC1)n2C. The van der Waals surface area contributed by atoms with Gasteiger partial charge in [0.1, 0.15) is 5.82 Å². The molecule has 0 amide bonds. The van der Waals surface area contributed by atoms with Crippen LogP contribution in [0.2, 0.25) is 0 Å². The number of rotatable bonds is 3. The minimum Gasteiger partial charge on any atom is -0.331 e. The first-order valence-corrected chi connectivity index (χ1v) is 6.20. The van der Waals surface area contributed by atoms with E-state index >= 15 is 0 Å². The van der Waals surface area contributed by atoms with Crippen LogP contribution in [-0.4, -0.2) is 15.3 Å². The van der Waals surface area contributed by atoms with E-state index in [1.165, 1.54) is 18.7 Å². The number of Topliss-reactive ketones (excluding diaryl/α,β-unsaturated/α-hetero) is 1. The standard InChI is InChI=1S/C14H16N2O/c1-3-13(17)10-6-7-12-11(8-10)15-14(16(12)2)9-4-5-9/h6-9H,3-5H2,1-2H3. The summed E-state index contributed by atoms with van der Waals surface area (Å²) in [6.45, 7) is 1.89. The van der Waals surface area contributed by atoms with Gasteiger partial charge in [-0.3, -0.25) is 4.79 Å². The van der Waals surface area contributed by atoms with Crippen molar-refractivity contribution in [3.63, 3.8) is 0 Å². The predicted octanol–water partition coefficient (Wildman–Crippen LogP) is 3.04. The zero-order valence-electron chi connectivity index (χ0n) is 10.2. The van der Waals surface area contributed by atoms with Crippen molar-refractivity contribution in [3.05, 3.63) is 29.6 Å². The summed E-state index contributed by atoms with van der Waals surface area (Å²) < 4.78 is 2.16. The molecule has 0 spiro atoms. The summed E-state index contributed by atoms with van der Waals surface area (Å²) in [5.41, 5.74) is 2.86. The fraction of sp³-hybridized carbons (Fsp3) is 0.429. The molecule has 1 heterocycles. The second kappa shape index (κ2) is 3.69. The Balaban J connectivity index is 2.13. The number of imidazole rings is 1. The maximum absolute atomic E-state index is 11.7. The van der Waals surface area contributed by atoms with Crippen LogP contribution in [0.4, 0.5) is 0 Å². The minimum absolute atomic E-state index is 0.186. The molecule has 0 atom stereocenters. The van der Waals surface area contributed by atoms with Crippen LogP contribution in [0.5, 0.6) is 0 Å². The molecular formula is C14H16N2O. The molecule has 3 heteroatoms. The molecule has 1 aromatic heterocycles. The smallest absolute Gasteiger partial charge is 0.162 e. The van der Waals surface area contributed by atoms with Crippen molar-refractivity contribution < 1.29 is 4.79 Å². The van der Waals surface area contributed by atoms with Gasteiger partial charge in [-0.05, 0) is 31.0 Å². The summed E-state index contributed by atoms with van der Waals surface area (Å²) >= 11 is 0. The van der Waals surface area contributed by atoms with Crippen molar-refractivity contribution >= 4 is 16.8 Å². The van der Waals surface area contributed by atoms with Crippen LogP contribution in [0.15, 0.2) is 18.2 Å². The predicted molar refractivity (Wildman–Crippen MR) is 67.3 cm³/mol. The number of carbonyl (C=O) groups excluding carboxylic acids is 1. The second-order valence-corrected chi connectivity index (χ2v) is 4.78. The van der Waals surface area contributed by atoms with Gasteiger partial charge in [0.2, 0.25) is 0 Å². The molecule has 0 unspecified atom stereocenters. The van der Waals surface area contributed by atoms with Crippen molar-refractivity contribution in [2.24, 2.45) is 7.05 Å². The van der Waals surface area contributed by atoms with E-state index in [0.29, 0.717) is 12.3 Å². The molecule has 17 heavy (non-hydrogen) atoms. The van der Waals surface area contributed by atoms with Crippen molar-refractivity contribution in [1.82, 2.24) is 9.55 Å². The Labute approximate surface area is 100 Å². The van der Waals surface area contributed by atoms with Gasteiger partial charge in [0.15, 0.2) is 5.78 Å². The third kappa shape index (κ3) is 1.66. The third-order valence-electron chi connectivity index (χ3n) is 3.50. The van der Waals surface area contributed by atoms with Gasteiger partial charge in [-0.25, -0.2) is 4.98 Å². The molecule has 88 valence electrons. The summed E-state index contributed by atoms with van der Waals surface area (Å²) in [4.78, 5) is 16.3. The quantitative estimate of drug-likeness (QED) is 0.757. The Morgan fingerprint density at radius 3 is 2.88 bits per heavy atom. The lowest BCUT2D eigenvalue weighted by Gasteiger charge is -2.00. The van der Waals surface area contributed by atoms with Gasteiger partial charge in [-0.15, -0.1) is 0 Å². The molecule has 1 aliphatic rings. The van der Waals surface area contributed by atoms with Crippen molar-refractivity contribution in [2.75, 3.05) is 0 Å². The van der Waals surface area contributed by atoms with E-state index in [2.05, 4.69) is 16.6 Å². The number of carbonyl (C=O) groups is 1. The van der Waals surface area contributed by atoms with Crippen molar-refractivity contribution in [3.8, 4) is 0 Å². The van der Waals surface area contributed by atoms with Crippen molar-refractivity contribution in [2.45, 2.75) is 32.1 Å². The summed E-state index contributed by atoms with van der Waals surface area (Å²) in [6.07, 6.45) is 3.05. The van der Waals surface area contributed by atoms with E-state index in [0.717, 1.165) is 16.6 Å². The second-order valence-electron chi connectivity index (χ2n) is 4.78. The van der Waals surface area contributed by atoms with Gasteiger partial charge in [0.05, 0.1) is 11.0 Å². The van der Waals surface area contributed by atoms with Gasteiger partial charge >= 0.3 is 0 Å². The summed E-state index contributed by atoms with van der Waals surface area (Å²) in [7, 11) is 2.06. The summed E-state index contributed by atoms with van der Waals surface area (Å²) in [5, 5.41) is 0. The van der Waals surface area contributed by atoms with Gasteiger partial charge in [-0.2, -0.15) is 0 Å². The summed E-state index contributed by atoms with van der Waals surface area (Å²) in [6, 6.07) is 5.84. The average Bonchev–Trinajstić information content (AvgIpc) is 3.14. The Hall–Kier alpha value is -1.64. The molecule has 2 aromatic rings. The number of ketones is 1. The Morgan fingerprint density at radius 2 is 2.24 bits per heavy atom. The minimum atomic E-state index is 0.186. The molecule has 1 saturated carbocycles. The maximum atomic E-state index is 11.7. The topological polar surface area (TPSA) is 34.9 Å². The zero-order chi connectivity index (χ0) is 12.0. The van der Waals surface area contributed by atoms with Gasteiger partial charge in [0.25, 0.3) is 0 Å². The first-order valence-electron chi connectivity index (χ1n) is 6.20. The summed E-state index contributed by atoms with van der Waals surface area (Å²) in [5.74, 6) is 1.99. The van der Waals surface area contributed by atoms with E-state index in [1.807, 2.05) is 25.1 Å². The van der Waals surface area contributed by atoms with E-state index in [1.54, 1.807) is 0 Å². The van der Waals surface area contributed by atoms with Gasteiger partial charge in [0, 0.05) is 24.9 Å². The van der Waals surface area contributed by atoms with Crippen molar-refractivity contribution in [1.29, 1.82) is 0 Å². The molecule has 0 radical (unpaired) electrons. The van der Waals surface area contributed by atoms with Crippen LogP contribution in [0.3, 0.4) is 0 Å².